The van der Waals surface area contributed by atoms with Crippen LogP contribution in [0.15, 0.2) is 54.6 Å². The Morgan fingerprint density at radius 2 is 1.81 bits per heavy atom. The maximum Gasteiger partial charge on any atom is 0.128 e. The van der Waals surface area contributed by atoms with Gasteiger partial charge in [-0.3, -0.25) is 4.90 Å². The molecule has 3 heteroatoms. The largest absolute Gasteiger partial charge is 0.299 e. The summed E-state index contributed by atoms with van der Waals surface area (Å²) in [4.78, 5) is 2.32. The van der Waals surface area contributed by atoms with Crippen molar-refractivity contribution in [3.05, 3.63) is 71.5 Å². The summed E-state index contributed by atoms with van der Waals surface area (Å²) in [6, 6.07) is 20.2. The minimum Gasteiger partial charge on any atom is -0.299 e. The van der Waals surface area contributed by atoms with E-state index in [4.69, 9.17) is 0 Å². The molecule has 1 saturated carbocycles. The average molecular weight is 365 g/mol. The Labute approximate surface area is 162 Å². The Hall–Kier alpha value is -2.18. The molecule has 2 nitrogen and oxygen atoms in total. The third kappa shape index (κ3) is 4.22. The third-order valence-electron chi connectivity index (χ3n) is 6.34. The van der Waals surface area contributed by atoms with Crippen molar-refractivity contribution >= 4 is 0 Å². The summed E-state index contributed by atoms with van der Waals surface area (Å²) in [6.45, 7) is 3.08. The van der Waals surface area contributed by atoms with Crippen LogP contribution < -0.4 is 0 Å². The van der Waals surface area contributed by atoms with Gasteiger partial charge in [0.25, 0.3) is 0 Å². The van der Waals surface area contributed by atoms with Crippen molar-refractivity contribution in [3.63, 3.8) is 0 Å². The first-order valence-electron chi connectivity index (χ1n) is 9.97. The molecule has 1 aliphatic carbocycles. The van der Waals surface area contributed by atoms with Gasteiger partial charge in [-0.15, -0.1) is 0 Å². The minimum absolute atomic E-state index is 0.240. The van der Waals surface area contributed by atoms with Crippen LogP contribution >= 0.6 is 0 Å². The molecule has 0 aromatic heterocycles. The van der Waals surface area contributed by atoms with E-state index in [0.717, 1.165) is 32.2 Å². The summed E-state index contributed by atoms with van der Waals surface area (Å²) >= 11 is 0. The molecule has 0 bridgehead atoms. The van der Waals surface area contributed by atoms with Gasteiger partial charge in [-0.05, 0) is 57.2 Å². The van der Waals surface area contributed by atoms with Crippen LogP contribution in [0.1, 0.15) is 50.2 Å². The Morgan fingerprint density at radius 1 is 1.15 bits per heavy atom. The lowest BCUT2D eigenvalue weighted by molar-refractivity contribution is 0.166. The van der Waals surface area contributed by atoms with Gasteiger partial charge in [0.1, 0.15) is 5.82 Å². The van der Waals surface area contributed by atoms with E-state index in [1.165, 1.54) is 11.6 Å². The normalized spacial score (nSPS) is 17.7. The molecule has 0 amide bonds. The van der Waals surface area contributed by atoms with Crippen LogP contribution in [0.2, 0.25) is 0 Å². The zero-order valence-corrected chi connectivity index (χ0v) is 16.4. The Bertz CT molecular complexity index is 778. The minimum atomic E-state index is -0.703. The molecule has 0 radical (unpaired) electrons. The van der Waals surface area contributed by atoms with Gasteiger partial charge in [-0.2, -0.15) is 5.26 Å². The summed E-state index contributed by atoms with van der Waals surface area (Å²) in [5.74, 6) is 0.0299. The van der Waals surface area contributed by atoms with E-state index in [1.807, 2.05) is 18.2 Å². The van der Waals surface area contributed by atoms with Gasteiger partial charge in [-0.25, -0.2) is 4.39 Å². The molecular formula is C24H29FN2. The molecule has 142 valence electrons. The molecule has 3 rings (SSSR count). The van der Waals surface area contributed by atoms with Crippen LogP contribution in [0.25, 0.3) is 0 Å². The topological polar surface area (TPSA) is 27.0 Å². The monoisotopic (exact) mass is 364 g/mol. The molecular weight excluding hydrogens is 335 g/mol. The maximum absolute atomic E-state index is 14.6. The van der Waals surface area contributed by atoms with E-state index in [2.05, 4.69) is 49.2 Å². The molecule has 0 aliphatic heterocycles. The first-order valence-corrected chi connectivity index (χ1v) is 9.97. The molecule has 1 fully saturated rings. The van der Waals surface area contributed by atoms with Crippen molar-refractivity contribution in [2.24, 2.45) is 5.92 Å². The highest BCUT2D eigenvalue weighted by Gasteiger charge is 2.45. The van der Waals surface area contributed by atoms with Crippen molar-refractivity contribution in [1.82, 2.24) is 4.90 Å². The van der Waals surface area contributed by atoms with Gasteiger partial charge < -0.3 is 0 Å². The van der Waals surface area contributed by atoms with Gasteiger partial charge in [0.05, 0.1) is 11.5 Å². The maximum atomic E-state index is 14.6. The first-order chi connectivity index (χ1) is 13.1. The number of halogens is 1. The average Bonchev–Trinajstić information content (AvgIpc) is 2.64. The van der Waals surface area contributed by atoms with E-state index in [9.17, 15) is 9.65 Å². The standard InChI is InChI=1S/C24H29FN2/c1-19(27(2)17-20-9-4-3-5-10-20)15-16-24(18-26,21-11-8-12-21)22-13-6-7-14-23(22)25/h3-7,9-10,13-14,19,21H,8,11-12,15-17H2,1-2H3. The first kappa shape index (κ1) is 19.6. The summed E-state index contributed by atoms with van der Waals surface area (Å²) < 4.78 is 14.6. The molecule has 2 unspecified atom stereocenters. The highest BCUT2D eigenvalue weighted by Crippen LogP contribution is 2.47. The van der Waals surface area contributed by atoms with E-state index < -0.39 is 5.41 Å². The van der Waals surface area contributed by atoms with Crippen molar-refractivity contribution in [2.75, 3.05) is 7.05 Å². The summed E-state index contributed by atoms with van der Waals surface area (Å²) in [5, 5.41) is 10.1. The number of nitriles is 1. The quantitative estimate of drug-likeness (QED) is 0.602. The molecule has 27 heavy (non-hydrogen) atoms. The van der Waals surface area contributed by atoms with Gasteiger partial charge in [0.2, 0.25) is 0 Å². The second-order valence-corrected chi connectivity index (χ2v) is 7.98. The van der Waals surface area contributed by atoms with Crippen LogP contribution in [0.4, 0.5) is 4.39 Å². The highest BCUT2D eigenvalue weighted by atomic mass is 19.1. The summed E-state index contributed by atoms with van der Waals surface area (Å²) in [5.41, 5.74) is 1.17. The summed E-state index contributed by atoms with van der Waals surface area (Å²) in [6.07, 6.45) is 4.77. The van der Waals surface area contributed by atoms with Crippen LogP contribution in [-0.2, 0) is 12.0 Å². The van der Waals surface area contributed by atoms with Crippen molar-refractivity contribution < 1.29 is 4.39 Å². The van der Waals surface area contributed by atoms with Gasteiger partial charge in [0.15, 0.2) is 0 Å². The Balaban J connectivity index is 1.73. The summed E-state index contributed by atoms with van der Waals surface area (Å²) in [7, 11) is 2.12. The number of rotatable bonds is 8. The van der Waals surface area contributed by atoms with Gasteiger partial charge in [-0.1, -0.05) is 55.0 Å². The molecule has 0 saturated heterocycles. The number of nitrogens with zero attached hydrogens (tertiary/aromatic N) is 2. The molecule has 0 N–H and O–H groups in total. The Morgan fingerprint density at radius 3 is 2.41 bits per heavy atom. The van der Waals surface area contributed by atoms with Crippen LogP contribution in [0.5, 0.6) is 0 Å². The molecule has 1 aliphatic rings. The fourth-order valence-corrected chi connectivity index (χ4v) is 4.17. The predicted octanol–water partition coefficient (Wildman–Crippen LogP) is 5.69. The zero-order chi connectivity index (χ0) is 19.3. The lowest BCUT2D eigenvalue weighted by Gasteiger charge is -2.42. The van der Waals surface area contributed by atoms with Crippen LogP contribution in [0, 0.1) is 23.1 Å². The SMILES string of the molecule is CC(CCC(C#N)(c1ccccc1F)C1CCC1)N(C)Cc1ccccc1. The van der Waals surface area contributed by atoms with Crippen molar-refractivity contribution in [1.29, 1.82) is 5.26 Å². The smallest absolute Gasteiger partial charge is 0.128 e. The second kappa shape index (κ2) is 8.67. The number of hydrogen-bond acceptors (Lipinski definition) is 2. The van der Waals surface area contributed by atoms with Gasteiger partial charge >= 0.3 is 0 Å². The van der Waals surface area contributed by atoms with Crippen molar-refractivity contribution in [2.45, 2.75) is 57.0 Å². The fraction of sp³-hybridized carbons (Fsp3) is 0.458. The highest BCUT2D eigenvalue weighted by molar-refractivity contribution is 5.35. The van der Waals surface area contributed by atoms with E-state index in [-0.39, 0.29) is 11.7 Å². The number of hydrogen-bond donors (Lipinski definition) is 0. The predicted molar refractivity (Wildman–Crippen MR) is 108 cm³/mol. The Kier molecular flexibility index (Phi) is 6.29. The van der Waals surface area contributed by atoms with E-state index >= 15 is 0 Å². The van der Waals surface area contributed by atoms with Crippen LogP contribution in [-0.4, -0.2) is 18.0 Å². The lowest BCUT2D eigenvalue weighted by Crippen LogP contribution is -2.40. The number of benzene rings is 2. The van der Waals surface area contributed by atoms with E-state index in [1.54, 1.807) is 6.07 Å². The molecule has 0 heterocycles. The third-order valence-corrected chi connectivity index (χ3v) is 6.34. The van der Waals surface area contributed by atoms with Crippen molar-refractivity contribution in [3.8, 4) is 6.07 Å². The zero-order valence-electron chi connectivity index (χ0n) is 16.4. The molecule has 2 aromatic rings. The van der Waals surface area contributed by atoms with E-state index in [0.29, 0.717) is 18.0 Å². The van der Waals surface area contributed by atoms with Crippen LogP contribution in [0.3, 0.4) is 0 Å². The second-order valence-electron chi connectivity index (χ2n) is 7.98. The molecule has 2 aromatic carbocycles. The lowest BCUT2D eigenvalue weighted by atomic mass is 9.60. The van der Waals surface area contributed by atoms with Gasteiger partial charge in [0, 0.05) is 18.2 Å². The molecule has 2 atom stereocenters. The molecule has 0 spiro atoms. The fourth-order valence-electron chi connectivity index (χ4n) is 4.17.